The summed E-state index contributed by atoms with van der Waals surface area (Å²) in [5, 5.41) is 13.5. The van der Waals surface area contributed by atoms with Crippen LogP contribution >= 0.6 is 12.4 Å². The van der Waals surface area contributed by atoms with Crippen LogP contribution in [0.3, 0.4) is 0 Å². The Kier molecular flexibility index (Phi) is 6.58. The number of rotatable bonds is 5. The van der Waals surface area contributed by atoms with Crippen molar-refractivity contribution in [1.82, 2.24) is 4.98 Å². The zero-order valence-electron chi connectivity index (χ0n) is 14.9. The summed E-state index contributed by atoms with van der Waals surface area (Å²) in [7, 11) is 1.58. The molecule has 3 aromatic rings. The quantitative estimate of drug-likeness (QED) is 0.655. The fraction of sp³-hybridized carbons (Fsp3) is 0.150. The summed E-state index contributed by atoms with van der Waals surface area (Å²) in [5.74, 6) is 0.267. The molecule has 1 N–H and O–H groups in total. The number of nitrogens with zero attached hydrogens (tertiary/aromatic N) is 2. The van der Waals surface area contributed by atoms with Crippen molar-refractivity contribution in [2.45, 2.75) is 6.92 Å². The number of ether oxygens (including phenoxy) is 2. The number of pyridine rings is 1. The summed E-state index contributed by atoms with van der Waals surface area (Å²) < 4.78 is 10.3. The lowest BCUT2D eigenvalue weighted by atomic mass is 10.1. The van der Waals surface area contributed by atoms with Crippen molar-refractivity contribution < 1.29 is 14.3 Å². The number of benzene rings is 2. The first-order valence-corrected chi connectivity index (χ1v) is 8.08. The van der Waals surface area contributed by atoms with E-state index in [2.05, 4.69) is 16.4 Å². The third-order valence-corrected chi connectivity index (χ3v) is 3.87. The molecule has 1 heterocycles. The second-order valence-corrected chi connectivity index (χ2v) is 5.44. The van der Waals surface area contributed by atoms with E-state index in [0.717, 1.165) is 11.1 Å². The van der Waals surface area contributed by atoms with Gasteiger partial charge < -0.3 is 14.8 Å². The second kappa shape index (κ2) is 8.88. The Morgan fingerprint density at radius 1 is 1.22 bits per heavy atom. The van der Waals surface area contributed by atoms with E-state index in [-0.39, 0.29) is 18.4 Å². The van der Waals surface area contributed by atoms with E-state index in [1.54, 1.807) is 38.3 Å². The number of fused-ring (bicyclic) bond motifs is 1. The van der Waals surface area contributed by atoms with Crippen LogP contribution in [0.4, 0.5) is 11.4 Å². The van der Waals surface area contributed by atoms with Crippen LogP contribution < -0.4 is 10.1 Å². The standard InChI is InChI=1S/C20H17N3O3.ClH/c1-3-26-20(24)13-7-9-15(10-8-13)23-18-14(11-21)12-22-19-16(18)5-4-6-17(19)25-2;/h4-10,12H,3H2,1-2H3,(H,22,23);1H. The Morgan fingerprint density at radius 3 is 2.59 bits per heavy atom. The summed E-state index contributed by atoms with van der Waals surface area (Å²) in [6.45, 7) is 2.09. The first kappa shape index (κ1) is 20.0. The number of carbonyl (C=O) groups excluding carboxylic acids is 1. The Hall–Kier alpha value is -3.30. The molecule has 138 valence electrons. The molecule has 0 unspecified atom stereocenters. The SMILES string of the molecule is CCOC(=O)c1ccc(Nc2c(C#N)cnc3c(OC)cccc23)cc1.Cl. The van der Waals surface area contributed by atoms with Crippen LogP contribution in [-0.2, 0) is 4.74 Å². The van der Waals surface area contributed by atoms with Crippen LogP contribution in [0, 0.1) is 11.3 Å². The van der Waals surface area contributed by atoms with E-state index in [4.69, 9.17) is 9.47 Å². The van der Waals surface area contributed by atoms with Crippen molar-refractivity contribution >= 4 is 40.7 Å². The number of hydrogen-bond acceptors (Lipinski definition) is 6. The van der Waals surface area contributed by atoms with Crippen LogP contribution in [0.2, 0.25) is 0 Å². The molecule has 0 radical (unpaired) electrons. The minimum absolute atomic E-state index is 0. The average Bonchev–Trinajstić information content (AvgIpc) is 2.68. The zero-order chi connectivity index (χ0) is 18.5. The van der Waals surface area contributed by atoms with E-state index < -0.39 is 0 Å². The van der Waals surface area contributed by atoms with Crippen molar-refractivity contribution in [1.29, 1.82) is 5.26 Å². The van der Waals surface area contributed by atoms with Gasteiger partial charge in [-0.05, 0) is 37.3 Å². The Morgan fingerprint density at radius 2 is 1.96 bits per heavy atom. The molecule has 3 rings (SSSR count). The maximum atomic E-state index is 11.8. The molecule has 0 saturated heterocycles. The molecule has 27 heavy (non-hydrogen) atoms. The van der Waals surface area contributed by atoms with Gasteiger partial charge in [-0.2, -0.15) is 5.26 Å². The van der Waals surface area contributed by atoms with Gasteiger partial charge in [0.25, 0.3) is 0 Å². The number of anilines is 2. The maximum absolute atomic E-state index is 11.8. The molecule has 1 aromatic heterocycles. The number of esters is 1. The number of nitriles is 1. The molecule has 0 amide bonds. The van der Waals surface area contributed by atoms with Crippen molar-refractivity contribution in [3.05, 3.63) is 59.8 Å². The number of halogens is 1. The minimum Gasteiger partial charge on any atom is -0.494 e. The van der Waals surface area contributed by atoms with Gasteiger partial charge in [-0.15, -0.1) is 12.4 Å². The summed E-state index contributed by atoms with van der Waals surface area (Å²) in [6, 6.07) is 14.6. The molecule has 0 aliphatic rings. The normalized spacial score (nSPS) is 9.81. The summed E-state index contributed by atoms with van der Waals surface area (Å²) in [5.41, 5.74) is 2.93. The predicted octanol–water partition coefficient (Wildman–Crippen LogP) is 4.46. The molecule has 2 aromatic carbocycles. The number of nitrogens with one attached hydrogen (secondary N) is 1. The third-order valence-electron chi connectivity index (χ3n) is 3.87. The van der Waals surface area contributed by atoms with Crippen molar-refractivity contribution in [3.63, 3.8) is 0 Å². The largest absolute Gasteiger partial charge is 0.494 e. The molecular formula is C20H18ClN3O3. The number of para-hydroxylation sites is 1. The van der Waals surface area contributed by atoms with Crippen LogP contribution in [0.5, 0.6) is 5.75 Å². The van der Waals surface area contributed by atoms with Gasteiger partial charge in [0.15, 0.2) is 0 Å². The van der Waals surface area contributed by atoms with E-state index in [0.29, 0.717) is 34.7 Å². The Bertz CT molecular complexity index is 998. The lowest BCUT2D eigenvalue weighted by Crippen LogP contribution is -2.04. The highest BCUT2D eigenvalue weighted by Crippen LogP contribution is 2.33. The van der Waals surface area contributed by atoms with Gasteiger partial charge in [0.1, 0.15) is 17.3 Å². The molecule has 0 saturated carbocycles. The van der Waals surface area contributed by atoms with Gasteiger partial charge in [0.05, 0.1) is 30.5 Å². The van der Waals surface area contributed by atoms with Crippen LogP contribution in [0.25, 0.3) is 10.9 Å². The van der Waals surface area contributed by atoms with Gasteiger partial charge in [-0.25, -0.2) is 4.79 Å². The molecule has 0 aliphatic heterocycles. The summed E-state index contributed by atoms with van der Waals surface area (Å²) >= 11 is 0. The number of methoxy groups -OCH3 is 1. The number of hydrogen-bond donors (Lipinski definition) is 1. The first-order valence-electron chi connectivity index (χ1n) is 8.08. The third kappa shape index (κ3) is 4.10. The number of aromatic nitrogens is 1. The van der Waals surface area contributed by atoms with Crippen LogP contribution in [0.1, 0.15) is 22.8 Å². The molecule has 6 nitrogen and oxygen atoms in total. The molecule has 0 fully saturated rings. The maximum Gasteiger partial charge on any atom is 0.338 e. The highest BCUT2D eigenvalue weighted by Gasteiger charge is 2.13. The van der Waals surface area contributed by atoms with E-state index in [1.165, 1.54) is 6.20 Å². The van der Waals surface area contributed by atoms with E-state index in [1.807, 2.05) is 18.2 Å². The monoisotopic (exact) mass is 383 g/mol. The topological polar surface area (TPSA) is 84.2 Å². The minimum atomic E-state index is -0.365. The molecular weight excluding hydrogens is 366 g/mol. The fourth-order valence-corrected chi connectivity index (χ4v) is 2.63. The van der Waals surface area contributed by atoms with E-state index >= 15 is 0 Å². The molecule has 0 aliphatic carbocycles. The van der Waals surface area contributed by atoms with Crippen molar-refractivity contribution in [2.75, 3.05) is 19.0 Å². The molecule has 0 bridgehead atoms. The van der Waals surface area contributed by atoms with Crippen LogP contribution in [0.15, 0.2) is 48.7 Å². The first-order chi connectivity index (χ1) is 12.7. The molecule has 0 atom stereocenters. The molecule has 7 heteroatoms. The van der Waals surface area contributed by atoms with Crippen LogP contribution in [-0.4, -0.2) is 24.7 Å². The van der Waals surface area contributed by atoms with Gasteiger partial charge in [0.2, 0.25) is 0 Å². The zero-order valence-corrected chi connectivity index (χ0v) is 15.7. The van der Waals surface area contributed by atoms with Gasteiger partial charge in [-0.1, -0.05) is 12.1 Å². The summed E-state index contributed by atoms with van der Waals surface area (Å²) in [6.07, 6.45) is 1.51. The predicted molar refractivity (Wildman–Crippen MR) is 106 cm³/mol. The Labute approximate surface area is 163 Å². The highest BCUT2D eigenvalue weighted by atomic mass is 35.5. The highest BCUT2D eigenvalue weighted by molar-refractivity contribution is 5.98. The van der Waals surface area contributed by atoms with Gasteiger partial charge >= 0.3 is 5.97 Å². The molecule has 0 spiro atoms. The lowest BCUT2D eigenvalue weighted by molar-refractivity contribution is 0.0526. The average molecular weight is 384 g/mol. The van der Waals surface area contributed by atoms with E-state index in [9.17, 15) is 10.1 Å². The van der Waals surface area contributed by atoms with Crippen molar-refractivity contribution in [2.24, 2.45) is 0 Å². The lowest BCUT2D eigenvalue weighted by Gasteiger charge is -2.13. The Balaban J connectivity index is 0.00000261. The van der Waals surface area contributed by atoms with Gasteiger partial charge in [0, 0.05) is 17.3 Å². The van der Waals surface area contributed by atoms with Gasteiger partial charge in [-0.3, -0.25) is 4.98 Å². The second-order valence-electron chi connectivity index (χ2n) is 5.44. The smallest absolute Gasteiger partial charge is 0.338 e. The van der Waals surface area contributed by atoms with Crippen molar-refractivity contribution in [3.8, 4) is 11.8 Å². The number of carbonyl (C=O) groups is 1. The summed E-state index contributed by atoms with van der Waals surface area (Å²) in [4.78, 5) is 16.1. The fourth-order valence-electron chi connectivity index (χ4n) is 2.63.